The lowest BCUT2D eigenvalue weighted by atomic mass is 9.95. The topological polar surface area (TPSA) is 83.0 Å². The van der Waals surface area contributed by atoms with Gasteiger partial charge in [-0.3, -0.25) is 14.6 Å². The van der Waals surface area contributed by atoms with Crippen LogP contribution in [-0.4, -0.2) is 64.4 Å². The highest BCUT2D eigenvalue weighted by Crippen LogP contribution is 2.40. The number of Topliss-reactive ketones (excluding diaryl/α,β-unsaturated/α-hetero) is 1. The first-order valence-corrected chi connectivity index (χ1v) is 11.2. The van der Waals surface area contributed by atoms with Gasteiger partial charge in [0.1, 0.15) is 11.5 Å². The van der Waals surface area contributed by atoms with Gasteiger partial charge in [0.15, 0.2) is 0 Å². The van der Waals surface area contributed by atoms with E-state index in [0.717, 1.165) is 25.1 Å². The first-order valence-electron chi connectivity index (χ1n) is 11.2. The second-order valence-electron chi connectivity index (χ2n) is 7.68. The number of carbonyl (C=O) groups excluding carboxylic acids is 2. The van der Waals surface area contributed by atoms with Crippen molar-refractivity contribution in [1.29, 1.82) is 0 Å². The van der Waals surface area contributed by atoms with Gasteiger partial charge in [0.25, 0.3) is 11.7 Å². The molecule has 0 aliphatic carbocycles. The van der Waals surface area contributed by atoms with Crippen LogP contribution in [0.5, 0.6) is 5.75 Å². The third-order valence-corrected chi connectivity index (χ3v) is 5.69. The average Bonchev–Trinajstić information content (AvgIpc) is 3.08. The lowest BCUT2D eigenvalue weighted by Crippen LogP contribution is -2.38. The van der Waals surface area contributed by atoms with Crippen LogP contribution in [0.2, 0.25) is 0 Å². The van der Waals surface area contributed by atoms with Crippen LogP contribution in [0, 0.1) is 0 Å². The van der Waals surface area contributed by atoms with Crippen LogP contribution in [0.1, 0.15) is 44.4 Å². The van der Waals surface area contributed by atoms with E-state index < -0.39 is 17.7 Å². The smallest absolute Gasteiger partial charge is 0.295 e. The number of rotatable bonds is 10. The molecule has 1 N–H and O–H groups in total. The van der Waals surface area contributed by atoms with Crippen molar-refractivity contribution in [2.45, 2.75) is 33.2 Å². The predicted octanol–water partition coefficient (Wildman–Crippen LogP) is 3.63. The molecule has 1 amide bonds. The highest BCUT2D eigenvalue weighted by Gasteiger charge is 2.46. The first-order chi connectivity index (χ1) is 15.5. The van der Waals surface area contributed by atoms with Gasteiger partial charge in [0.2, 0.25) is 0 Å². The average molecular weight is 438 g/mol. The van der Waals surface area contributed by atoms with Crippen LogP contribution in [0.3, 0.4) is 0 Å². The van der Waals surface area contributed by atoms with E-state index in [1.807, 2.05) is 31.2 Å². The molecule has 3 rings (SSSR count). The summed E-state index contributed by atoms with van der Waals surface area (Å²) in [7, 11) is 0. The van der Waals surface area contributed by atoms with Crippen LogP contribution in [0.4, 0.5) is 0 Å². The molecule has 2 aromatic rings. The number of carbonyl (C=O) groups is 2. The van der Waals surface area contributed by atoms with Crippen molar-refractivity contribution in [1.82, 2.24) is 14.8 Å². The minimum Gasteiger partial charge on any atom is -0.507 e. The van der Waals surface area contributed by atoms with Crippen molar-refractivity contribution in [3.8, 4) is 5.75 Å². The van der Waals surface area contributed by atoms with E-state index in [-0.39, 0.29) is 11.3 Å². The van der Waals surface area contributed by atoms with Crippen LogP contribution < -0.4 is 4.74 Å². The number of nitrogens with zero attached hydrogens (tertiary/aromatic N) is 3. The van der Waals surface area contributed by atoms with Crippen molar-refractivity contribution in [2.24, 2.45) is 0 Å². The van der Waals surface area contributed by atoms with E-state index in [0.29, 0.717) is 31.0 Å². The number of amides is 1. The van der Waals surface area contributed by atoms with Crippen LogP contribution in [0.25, 0.3) is 5.76 Å². The molecule has 0 spiro atoms. The summed E-state index contributed by atoms with van der Waals surface area (Å²) < 4.78 is 5.77. The third kappa shape index (κ3) is 4.99. The highest BCUT2D eigenvalue weighted by molar-refractivity contribution is 6.46. The number of hydrogen-bond acceptors (Lipinski definition) is 6. The molecule has 1 atom stereocenters. The summed E-state index contributed by atoms with van der Waals surface area (Å²) >= 11 is 0. The Morgan fingerprint density at radius 2 is 1.84 bits per heavy atom. The van der Waals surface area contributed by atoms with Gasteiger partial charge in [-0.25, -0.2) is 0 Å². The molecular formula is C25H31N3O4. The minimum atomic E-state index is -0.691. The Hall–Kier alpha value is -3.19. The normalized spacial score (nSPS) is 17.9. The number of aliphatic hydroxyl groups is 1. The predicted molar refractivity (Wildman–Crippen MR) is 123 cm³/mol. The van der Waals surface area contributed by atoms with Crippen molar-refractivity contribution >= 4 is 17.4 Å². The first kappa shape index (κ1) is 23.5. The summed E-state index contributed by atoms with van der Waals surface area (Å²) in [4.78, 5) is 33.9. The molecule has 1 saturated heterocycles. The number of aromatic nitrogens is 1. The number of pyridine rings is 1. The van der Waals surface area contributed by atoms with Crippen molar-refractivity contribution in [3.63, 3.8) is 0 Å². The molecule has 32 heavy (non-hydrogen) atoms. The molecule has 7 heteroatoms. The summed E-state index contributed by atoms with van der Waals surface area (Å²) in [6, 6.07) is 9.95. The highest BCUT2D eigenvalue weighted by atomic mass is 16.5. The number of hydrogen-bond donors (Lipinski definition) is 1. The van der Waals surface area contributed by atoms with Gasteiger partial charge >= 0.3 is 0 Å². The van der Waals surface area contributed by atoms with E-state index in [1.165, 1.54) is 0 Å². The SMILES string of the molecule is CCCOc1cccc(C2/C(=C(\O)c3ccncc3)C(=O)C(=O)N2CCN(CC)CC)c1. The zero-order valence-electron chi connectivity index (χ0n) is 19.0. The molecule has 7 nitrogen and oxygen atoms in total. The lowest BCUT2D eigenvalue weighted by molar-refractivity contribution is -0.140. The second kappa shape index (κ2) is 10.9. The maximum absolute atomic E-state index is 13.1. The zero-order chi connectivity index (χ0) is 23.1. The molecule has 1 fully saturated rings. The second-order valence-corrected chi connectivity index (χ2v) is 7.68. The Morgan fingerprint density at radius 3 is 2.50 bits per heavy atom. The van der Waals surface area contributed by atoms with E-state index >= 15 is 0 Å². The van der Waals surface area contributed by atoms with E-state index in [4.69, 9.17) is 4.74 Å². The summed E-state index contributed by atoms with van der Waals surface area (Å²) in [6.07, 6.45) is 3.95. The minimum absolute atomic E-state index is 0.0911. The van der Waals surface area contributed by atoms with E-state index in [1.54, 1.807) is 29.4 Å². The van der Waals surface area contributed by atoms with Crippen molar-refractivity contribution in [2.75, 3.05) is 32.8 Å². The van der Waals surface area contributed by atoms with Crippen molar-refractivity contribution in [3.05, 3.63) is 65.5 Å². The molecule has 1 aliphatic rings. The van der Waals surface area contributed by atoms with Crippen LogP contribution in [0.15, 0.2) is 54.4 Å². The lowest BCUT2D eigenvalue weighted by Gasteiger charge is -2.28. The van der Waals surface area contributed by atoms with E-state index in [9.17, 15) is 14.7 Å². The van der Waals surface area contributed by atoms with Crippen LogP contribution >= 0.6 is 0 Å². The van der Waals surface area contributed by atoms with Gasteiger partial charge in [-0.15, -0.1) is 0 Å². The monoisotopic (exact) mass is 437 g/mol. The van der Waals surface area contributed by atoms with Gasteiger partial charge in [-0.2, -0.15) is 0 Å². The fraction of sp³-hybridized carbons (Fsp3) is 0.400. The Labute approximate surface area is 189 Å². The summed E-state index contributed by atoms with van der Waals surface area (Å²) in [5, 5.41) is 11.0. The quantitative estimate of drug-likeness (QED) is 0.347. The zero-order valence-corrected chi connectivity index (χ0v) is 19.0. The molecule has 1 aliphatic heterocycles. The number of aliphatic hydroxyl groups excluding tert-OH is 1. The maximum Gasteiger partial charge on any atom is 0.295 e. The Bertz CT molecular complexity index is 970. The van der Waals surface area contributed by atoms with Crippen molar-refractivity contribution < 1.29 is 19.4 Å². The maximum atomic E-state index is 13.1. The molecule has 1 aromatic heterocycles. The fourth-order valence-electron chi connectivity index (χ4n) is 3.91. The molecule has 170 valence electrons. The largest absolute Gasteiger partial charge is 0.507 e. The van der Waals surface area contributed by atoms with Crippen LogP contribution in [-0.2, 0) is 9.59 Å². The Kier molecular flexibility index (Phi) is 8.00. The standard InChI is InChI=1S/C25H31N3O4/c1-4-16-32-20-9-7-8-19(17-20)22-21(23(29)18-10-12-26-13-11-18)24(30)25(31)28(22)15-14-27(5-2)6-3/h7-13,17,22,29H,4-6,14-16H2,1-3H3/b23-21+. The Morgan fingerprint density at radius 1 is 1.12 bits per heavy atom. The third-order valence-electron chi connectivity index (χ3n) is 5.69. The summed E-state index contributed by atoms with van der Waals surface area (Å²) in [5.74, 6) is -0.801. The fourth-order valence-corrected chi connectivity index (χ4v) is 3.91. The molecule has 0 bridgehead atoms. The number of ketones is 1. The Balaban J connectivity index is 2.07. The molecule has 0 saturated carbocycles. The molecule has 1 aromatic carbocycles. The van der Waals surface area contributed by atoms with Gasteiger partial charge < -0.3 is 19.6 Å². The van der Waals surface area contributed by atoms with Gasteiger partial charge in [0.05, 0.1) is 18.2 Å². The summed E-state index contributed by atoms with van der Waals surface area (Å²) in [6.45, 7) is 9.44. The number of benzene rings is 1. The number of likely N-dealkylation sites (N-methyl/N-ethyl adjacent to an activating group) is 1. The van der Waals surface area contributed by atoms with E-state index in [2.05, 4.69) is 23.7 Å². The molecule has 2 heterocycles. The molecule has 0 radical (unpaired) electrons. The van der Waals surface area contributed by atoms with Gasteiger partial charge in [0, 0.05) is 31.0 Å². The van der Waals surface area contributed by atoms with Gasteiger partial charge in [-0.05, 0) is 49.3 Å². The van der Waals surface area contributed by atoms with Gasteiger partial charge in [-0.1, -0.05) is 32.9 Å². The summed E-state index contributed by atoms with van der Waals surface area (Å²) in [5.41, 5.74) is 1.27. The molecular weight excluding hydrogens is 406 g/mol. The molecule has 1 unspecified atom stereocenters. The number of ether oxygens (including phenoxy) is 1. The number of likely N-dealkylation sites (tertiary alicyclic amines) is 1.